The molecule has 1 saturated carbocycles. The van der Waals surface area contributed by atoms with E-state index in [1.807, 2.05) is 0 Å². The molecule has 1 aliphatic carbocycles. The van der Waals surface area contributed by atoms with Gasteiger partial charge in [-0.25, -0.2) is 13.5 Å². The molecule has 2 heterocycles. The maximum absolute atomic E-state index is 12.9. The summed E-state index contributed by atoms with van der Waals surface area (Å²) >= 11 is 0. The van der Waals surface area contributed by atoms with Crippen LogP contribution in [0.2, 0.25) is 0 Å². The fourth-order valence-electron chi connectivity index (χ4n) is 1.82. The summed E-state index contributed by atoms with van der Waals surface area (Å²) in [5, 5.41) is 6.78. The number of anilines is 1. The number of aldehydes is 1. The van der Waals surface area contributed by atoms with Gasteiger partial charge in [-0.05, 0) is 24.5 Å². The Morgan fingerprint density at radius 1 is 1.47 bits per heavy atom. The van der Waals surface area contributed by atoms with E-state index in [1.165, 1.54) is 12.3 Å². The minimum atomic E-state index is -2.62. The Hall–Kier alpha value is -1.98. The summed E-state index contributed by atoms with van der Waals surface area (Å²) in [6.45, 7) is 0. The third-order valence-electron chi connectivity index (χ3n) is 2.82. The standard InChI is InChI=1S/C11H9F2N3O/c12-10(13)9-3-8(6-1-2-6)15-11-7(5-17)4-14-16(9)11/h3-5,10,15H,1-2H2. The molecule has 3 rings (SSSR count). The molecular weight excluding hydrogens is 228 g/mol. The first-order valence-corrected chi connectivity index (χ1v) is 5.23. The minimum absolute atomic E-state index is 0.193. The van der Waals surface area contributed by atoms with Crippen LogP contribution in [0.15, 0.2) is 23.5 Å². The monoisotopic (exact) mass is 237 g/mol. The first kappa shape index (κ1) is 10.2. The number of nitrogens with one attached hydrogen (secondary N) is 1. The summed E-state index contributed by atoms with van der Waals surface area (Å²) in [6.07, 6.45) is 2.51. The zero-order valence-electron chi connectivity index (χ0n) is 8.78. The van der Waals surface area contributed by atoms with Crippen LogP contribution < -0.4 is 5.32 Å². The molecule has 17 heavy (non-hydrogen) atoms. The number of rotatable bonds is 2. The highest BCUT2D eigenvalue weighted by molar-refractivity contribution is 5.86. The van der Waals surface area contributed by atoms with Crippen LogP contribution in [0.3, 0.4) is 0 Å². The van der Waals surface area contributed by atoms with Crippen molar-refractivity contribution in [3.05, 3.63) is 29.1 Å². The van der Waals surface area contributed by atoms with E-state index in [9.17, 15) is 13.6 Å². The van der Waals surface area contributed by atoms with Crippen molar-refractivity contribution in [2.24, 2.45) is 0 Å². The van der Waals surface area contributed by atoms with E-state index in [0.29, 0.717) is 17.8 Å². The first-order valence-electron chi connectivity index (χ1n) is 5.23. The van der Waals surface area contributed by atoms with E-state index < -0.39 is 6.43 Å². The number of aromatic nitrogens is 2. The molecule has 0 radical (unpaired) electrons. The lowest BCUT2D eigenvalue weighted by Gasteiger charge is -2.19. The van der Waals surface area contributed by atoms with Crippen LogP contribution in [0.5, 0.6) is 0 Å². The van der Waals surface area contributed by atoms with Crippen LogP contribution in [0, 0.1) is 0 Å². The lowest BCUT2D eigenvalue weighted by Crippen LogP contribution is -2.18. The van der Waals surface area contributed by atoms with Crippen LogP contribution in [0.4, 0.5) is 14.6 Å². The molecule has 0 atom stereocenters. The Labute approximate surface area is 95.6 Å². The van der Waals surface area contributed by atoms with Gasteiger partial charge in [0.05, 0.1) is 11.8 Å². The second kappa shape index (κ2) is 3.51. The molecule has 6 heteroatoms. The second-order valence-electron chi connectivity index (χ2n) is 3.99. The number of carbonyl (C=O) groups excluding carboxylic acids is 1. The van der Waals surface area contributed by atoms with Gasteiger partial charge in [0, 0.05) is 5.70 Å². The van der Waals surface area contributed by atoms with E-state index >= 15 is 0 Å². The lowest BCUT2D eigenvalue weighted by atomic mass is 10.2. The van der Waals surface area contributed by atoms with Gasteiger partial charge in [0.2, 0.25) is 0 Å². The van der Waals surface area contributed by atoms with E-state index in [4.69, 9.17) is 0 Å². The Morgan fingerprint density at radius 2 is 2.24 bits per heavy atom. The van der Waals surface area contributed by atoms with Crippen LogP contribution >= 0.6 is 0 Å². The van der Waals surface area contributed by atoms with Crippen molar-refractivity contribution in [2.75, 3.05) is 5.32 Å². The predicted molar refractivity (Wildman–Crippen MR) is 57.8 cm³/mol. The largest absolute Gasteiger partial charge is 0.340 e. The smallest absolute Gasteiger partial charge is 0.280 e. The molecule has 0 aromatic carbocycles. The van der Waals surface area contributed by atoms with Gasteiger partial charge in [0.25, 0.3) is 6.43 Å². The van der Waals surface area contributed by atoms with Crippen molar-refractivity contribution in [1.29, 1.82) is 0 Å². The Morgan fingerprint density at radius 3 is 2.82 bits per heavy atom. The number of allylic oxidation sites excluding steroid dienone is 3. The normalized spacial score (nSPS) is 17.7. The third kappa shape index (κ3) is 1.56. The van der Waals surface area contributed by atoms with Crippen molar-refractivity contribution in [3.63, 3.8) is 0 Å². The summed E-state index contributed by atoms with van der Waals surface area (Å²) in [4.78, 5) is 10.8. The molecule has 4 nitrogen and oxygen atoms in total. The second-order valence-corrected chi connectivity index (χ2v) is 3.99. The first-order chi connectivity index (χ1) is 8.20. The van der Waals surface area contributed by atoms with E-state index in [-0.39, 0.29) is 11.3 Å². The molecule has 1 N–H and O–H groups in total. The van der Waals surface area contributed by atoms with Crippen molar-refractivity contribution in [3.8, 4) is 0 Å². The maximum Gasteiger partial charge on any atom is 0.280 e. The summed E-state index contributed by atoms with van der Waals surface area (Å²) < 4.78 is 26.9. The molecule has 88 valence electrons. The van der Waals surface area contributed by atoms with Crippen molar-refractivity contribution in [2.45, 2.75) is 19.3 Å². The average Bonchev–Trinajstić information content (AvgIpc) is 3.08. The molecule has 1 fully saturated rings. The molecular formula is C11H9F2N3O. The average molecular weight is 237 g/mol. The number of carbonyl (C=O) groups is 1. The topological polar surface area (TPSA) is 46.9 Å². The number of fused-ring (bicyclic) bond motifs is 1. The fourth-order valence-corrected chi connectivity index (χ4v) is 1.82. The quantitative estimate of drug-likeness (QED) is 0.802. The summed E-state index contributed by atoms with van der Waals surface area (Å²) in [6, 6.07) is 0. The van der Waals surface area contributed by atoms with Gasteiger partial charge in [0.1, 0.15) is 11.5 Å². The SMILES string of the molecule is O=Cc1cnn2c1NC(=C1CC1)C=C2C(F)F. The fraction of sp³-hybridized carbons (Fsp3) is 0.273. The number of hydrogen-bond acceptors (Lipinski definition) is 3. The summed E-state index contributed by atoms with van der Waals surface area (Å²) in [7, 11) is 0. The van der Waals surface area contributed by atoms with E-state index in [2.05, 4.69) is 10.4 Å². The summed E-state index contributed by atoms with van der Waals surface area (Å²) in [5.41, 5.74) is 1.88. The number of hydrogen-bond donors (Lipinski definition) is 1. The molecule has 0 amide bonds. The number of alkyl halides is 2. The predicted octanol–water partition coefficient (Wildman–Crippen LogP) is 2.28. The molecule has 1 aliphatic heterocycles. The van der Waals surface area contributed by atoms with Crippen LogP contribution in [-0.4, -0.2) is 22.5 Å². The van der Waals surface area contributed by atoms with Gasteiger partial charge in [-0.1, -0.05) is 0 Å². The Kier molecular flexibility index (Phi) is 2.10. The number of halogens is 2. The van der Waals surface area contributed by atoms with Gasteiger partial charge in [-0.2, -0.15) is 5.10 Å². The molecule has 0 spiro atoms. The lowest BCUT2D eigenvalue weighted by molar-refractivity contribution is 0.112. The van der Waals surface area contributed by atoms with Crippen LogP contribution in [0.25, 0.3) is 5.70 Å². The Bertz CT molecular complexity index is 551. The highest BCUT2D eigenvalue weighted by atomic mass is 19.3. The van der Waals surface area contributed by atoms with E-state index in [0.717, 1.165) is 23.1 Å². The zero-order chi connectivity index (χ0) is 12.0. The van der Waals surface area contributed by atoms with Crippen molar-refractivity contribution in [1.82, 2.24) is 9.78 Å². The van der Waals surface area contributed by atoms with Gasteiger partial charge in [-0.3, -0.25) is 4.79 Å². The maximum atomic E-state index is 12.9. The molecule has 0 unspecified atom stereocenters. The van der Waals surface area contributed by atoms with Crippen LogP contribution in [0.1, 0.15) is 23.2 Å². The van der Waals surface area contributed by atoms with Gasteiger partial charge in [0.15, 0.2) is 6.29 Å². The molecule has 2 aliphatic rings. The highest BCUT2D eigenvalue weighted by Gasteiger charge is 2.28. The van der Waals surface area contributed by atoms with Crippen molar-refractivity contribution >= 4 is 17.8 Å². The number of nitrogens with zero attached hydrogens (tertiary/aromatic N) is 2. The Balaban J connectivity index is 2.16. The van der Waals surface area contributed by atoms with E-state index in [1.54, 1.807) is 0 Å². The molecule has 0 saturated heterocycles. The highest BCUT2D eigenvalue weighted by Crippen LogP contribution is 2.37. The van der Waals surface area contributed by atoms with Gasteiger partial charge < -0.3 is 5.32 Å². The van der Waals surface area contributed by atoms with Gasteiger partial charge in [-0.15, -0.1) is 0 Å². The van der Waals surface area contributed by atoms with Crippen molar-refractivity contribution < 1.29 is 13.6 Å². The molecule has 1 aromatic heterocycles. The van der Waals surface area contributed by atoms with Crippen LogP contribution in [-0.2, 0) is 0 Å². The van der Waals surface area contributed by atoms with Gasteiger partial charge >= 0.3 is 0 Å². The summed E-state index contributed by atoms with van der Waals surface area (Å²) in [5.74, 6) is 0.326. The molecule has 0 bridgehead atoms. The zero-order valence-corrected chi connectivity index (χ0v) is 8.78. The molecule has 1 aromatic rings. The third-order valence-corrected chi connectivity index (χ3v) is 2.82. The minimum Gasteiger partial charge on any atom is -0.340 e.